The topological polar surface area (TPSA) is 41.6 Å². The molecule has 130 valence electrons. The van der Waals surface area contributed by atoms with E-state index in [0.717, 1.165) is 36.4 Å². The van der Waals surface area contributed by atoms with Gasteiger partial charge in [0.05, 0.1) is 5.92 Å². The minimum atomic E-state index is -0.114. The fourth-order valence-electron chi connectivity index (χ4n) is 3.67. The summed E-state index contributed by atoms with van der Waals surface area (Å²) in [7, 11) is 0. The molecule has 4 nitrogen and oxygen atoms in total. The van der Waals surface area contributed by atoms with Crippen LogP contribution in [0.2, 0.25) is 0 Å². The molecule has 1 fully saturated rings. The monoisotopic (exact) mass is 336 g/mol. The molecule has 0 saturated carbocycles. The van der Waals surface area contributed by atoms with Gasteiger partial charge in [-0.2, -0.15) is 0 Å². The molecule has 2 aliphatic heterocycles. The van der Waals surface area contributed by atoms with Crippen LogP contribution in [0.4, 0.5) is 5.69 Å². The Kier molecular flexibility index (Phi) is 4.59. The van der Waals surface area contributed by atoms with Crippen molar-refractivity contribution in [3.63, 3.8) is 0 Å². The van der Waals surface area contributed by atoms with Gasteiger partial charge in [0.25, 0.3) is 0 Å². The number of rotatable bonds is 4. The first kappa shape index (κ1) is 16.0. The molecule has 25 heavy (non-hydrogen) atoms. The zero-order valence-corrected chi connectivity index (χ0v) is 14.4. The van der Waals surface area contributed by atoms with Gasteiger partial charge in [-0.15, -0.1) is 0 Å². The van der Waals surface area contributed by atoms with Crippen LogP contribution in [0.1, 0.15) is 24.0 Å². The molecule has 0 aromatic heterocycles. The molecule has 2 aliphatic rings. The summed E-state index contributed by atoms with van der Waals surface area (Å²) in [6.07, 6.45) is 3.28. The highest BCUT2D eigenvalue weighted by Gasteiger charge is 2.25. The Labute approximate surface area is 148 Å². The number of hydrogen-bond donors (Lipinski definition) is 1. The second-order valence-corrected chi connectivity index (χ2v) is 6.90. The van der Waals surface area contributed by atoms with Gasteiger partial charge in [-0.05, 0) is 48.6 Å². The fraction of sp³-hybridized carbons (Fsp3) is 0.381. The molecule has 1 saturated heterocycles. The van der Waals surface area contributed by atoms with Crippen molar-refractivity contribution >= 4 is 11.6 Å². The van der Waals surface area contributed by atoms with Gasteiger partial charge in [0.1, 0.15) is 12.4 Å². The molecule has 0 bridgehead atoms. The van der Waals surface area contributed by atoms with Crippen molar-refractivity contribution in [1.82, 2.24) is 5.32 Å². The first-order chi connectivity index (χ1) is 12.3. The van der Waals surface area contributed by atoms with Crippen LogP contribution in [0, 0.1) is 5.92 Å². The lowest BCUT2D eigenvalue weighted by Gasteiger charge is -2.24. The Bertz CT molecular complexity index is 753. The second kappa shape index (κ2) is 7.18. The largest absolute Gasteiger partial charge is 0.492 e. The minimum Gasteiger partial charge on any atom is -0.492 e. The molecule has 0 unspecified atom stereocenters. The van der Waals surface area contributed by atoms with Crippen molar-refractivity contribution in [2.75, 3.05) is 24.6 Å². The van der Waals surface area contributed by atoms with Crippen LogP contribution in [0.5, 0.6) is 5.75 Å². The van der Waals surface area contributed by atoms with Crippen molar-refractivity contribution in [3.05, 3.63) is 59.7 Å². The normalized spacial score (nSPS) is 19.2. The average molecular weight is 336 g/mol. The van der Waals surface area contributed by atoms with Gasteiger partial charge in [-0.3, -0.25) is 4.79 Å². The predicted molar refractivity (Wildman–Crippen MR) is 98.9 cm³/mol. The summed E-state index contributed by atoms with van der Waals surface area (Å²) < 4.78 is 5.73. The molecule has 1 atom stereocenters. The molecular weight excluding hydrogens is 312 g/mol. The summed E-state index contributed by atoms with van der Waals surface area (Å²) in [6, 6.07) is 16.5. The van der Waals surface area contributed by atoms with Gasteiger partial charge < -0.3 is 15.0 Å². The number of nitrogens with zero attached hydrogens (tertiary/aromatic N) is 1. The van der Waals surface area contributed by atoms with Crippen LogP contribution >= 0.6 is 0 Å². The SMILES string of the molecule is O=C(NCc1cccc(N2CCCC2)c1)[C@H]1COc2ccccc2C1. The third kappa shape index (κ3) is 3.63. The van der Waals surface area contributed by atoms with E-state index in [-0.39, 0.29) is 11.8 Å². The number of amides is 1. The number of nitrogens with one attached hydrogen (secondary N) is 1. The number of ether oxygens (including phenoxy) is 1. The summed E-state index contributed by atoms with van der Waals surface area (Å²) in [5.74, 6) is 0.864. The second-order valence-electron chi connectivity index (χ2n) is 6.90. The van der Waals surface area contributed by atoms with E-state index >= 15 is 0 Å². The highest BCUT2D eigenvalue weighted by atomic mass is 16.5. The molecule has 0 aliphatic carbocycles. The highest BCUT2D eigenvalue weighted by Crippen LogP contribution is 2.27. The van der Waals surface area contributed by atoms with E-state index in [1.165, 1.54) is 18.5 Å². The van der Waals surface area contributed by atoms with Crippen molar-refractivity contribution in [1.29, 1.82) is 0 Å². The standard InChI is InChI=1S/C21H24N2O2/c24-21(18-13-17-7-1-2-9-20(17)25-15-18)22-14-16-6-5-8-19(12-16)23-10-3-4-11-23/h1-2,5-9,12,18H,3-4,10-11,13-15H2,(H,22,24)/t18-/m1/s1. The predicted octanol–water partition coefficient (Wildman–Crippen LogP) is 3.15. The summed E-state index contributed by atoms with van der Waals surface area (Å²) in [4.78, 5) is 14.9. The van der Waals surface area contributed by atoms with E-state index < -0.39 is 0 Å². The van der Waals surface area contributed by atoms with Crippen molar-refractivity contribution in [2.24, 2.45) is 5.92 Å². The zero-order chi connectivity index (χ0) is 17.1. The van der Waals surface area contributed by atoms with Crippen LogP contribution in [-0.2, 0) is 17.8 Å². The van der Waals surface area contributed by atoms with Gasteiger partial charge >= 0.3 is 0 Å². The zero-order valence-electron chi connectivity index (χ0n) is 14.4. The maximum Gasteiger partial charge on any atom is 0.227 e. The number of hydrogen-bond acceptors (Lipinski definition) is 3. The van der Waals surface area contributed by atoms with E-state index in [0.29, 0.717) is 13.2 Å². The smallest absolute Gasteiger partial charge is 0.227 e. The highest BCUT2D eigenvalue weighted by molar-refractivity contribution is 5.79. The first-order valence-electron chi connectivity index (χ1n) is 9.12. The molecule has 1 N–H and O–H groups in total. The summed E-state index contributed by atoms with van der Waals surface area (Å²) in [5.41, 5.74) is 3.53. The van der Waals surface area contributed by atoms with Crippen LogP contribution < -0.4 is 15.0 Å². The Morgan fingerprint density at radius 1 is 1.12 bits per heavy atom. The number of fused-ring (bicyclic) bond motifs is 1. The quantitative estimate of drug-likeness (QED) is 0.932. The third-order valence-electron chi connectivity index (χ3n) is 5.10. The van der Waals surface area contributed by atoms with E-state index in [2.05, 4.69) is 34.5 Å². The average Bonchev–Trinajstić information content (AvgIpc) is 3.21. The summed E-state index contributed by atoms with van der Waals surface area (Å²) in [5, 5.41) is 3.08. The molecule has 0 spiro atoms. The summed E-state index contributed by atoms with van der Waals surface area (Å²) in [6.45, 7) is 3.29. The van der Waals surface area contributed by atoms with Gasteiger partial charge in [-0.25, -0.2) is 0 Å². The fourth-order valence-corrected chi connectivity index (χ4v) is 3.67. The lowest BCUT2D eigenvalue weighted by Crippen LogP contribution is -2.37. The third-order valence-corrected chi connectivity index (χ3v) is 5.10. The van der Waals surface area contributed by atoms with Crippen LogP contribution in [-0.4, -0.2) is 25.6 Å². The lowest BCUT2D eigenvalue weighted by atomic mass is 9.96. The van der Waals surface area contributed by atoms with E-state index in [1.807, 2.05) is 24.3 Å². The van der Waals surface area contributed by atoms with Gasteiger partial charge in [0.2, 0.25) is 5.91 Å². The molecule has 2 heterocycles. The Morgan fingerprint density at radius 3 is 2.84 bits per heavy atom. The number of benzene rings is 2. The Hall–Kier alpha value is -2.49. The van der Waals surface area contributed by atoms with Crippen molar-refractivity contribution in [2.45, 2.75) is 25.8 Å². The van der Waals surface area contributed by atoms with Gasteiger partial charge in [0.15, 0.2) is 0 Å². The molecular formula is C21H24N2O2. The minimum absolute atomic E-state index is 0.0704. The van der Waals surface area contributed by atoms with Gasteiger partial charge in [-0.1, -0.05) is 30.3 Å². The summed E-state index contributed by atoms with van der Waals surface area (Å²) >= 11 is 0. The van der Waals surface area contributed by atoms with Crippen LogP contribution in [0.15, 0.2) is 48.5 Å². The number of para-hydroxylation sites is 1. The number of anilines is 1. The first-order valence-corrected chi connectivity index (χ1v) is 9.12. The molecule has 4 heteroatoms. The number of carbonyl (C=O) groups excluding carboxylic acids is 1. The maximum absolute atomic E-state index is 12.5. The molecule has 4 rings (SSSR count). The van der Waals surface area contributed by atoms with Gasteiger partial charge in [0, 0.05) is 25.3 Å². The molecule has 1 amide bonds. The van der Waals surface area contributed by atoms with E-state index in [9.17, 15) is 4.79 Å². The molecule has 0 radical (unpaired) electrons. The van der Waals surface area contributed by atoms with E-state index in [1.54, 1.807) is 0 Å². The van der Waals surface area contributed by atoms with Crippen LogP contribution in [0.25, 0.3) is 0 Å². The van der Waals surface area contributed by atoms with E-state index in [4.69, 9.17) is 4.74 Å². The molecule has 2 aromatic carbocycles. The van der Waals surface area contributed by atoms with Crippen molar-refractivity contribution < 1.29 is 9.53 Å². The lowest BCUT2D eigenvalue weighted by molar-refractivity contribution is -0.126. The maximum atomic E-state index is 12.5. The molecule has 2 aromatic rings. The Morgan fingerprint density at radius 2 is 1.96 bits per heavy atom. The van der Waals surface area contributed by atoms with Crippen LogP contribution in [0.3, 0.4) is 0 Å². The van der Waals surface area contributed by atoms with Crippen molar-refractivity contribution in [3.8, 4) is 5.75 Å². The Balaban J connectivity index is 1.35. The number of carbonyl (C=O) groups is 1.